The Morgan fingerprint density at radius 2 is 1.86 bits per heavy atom. The highest BCUT2D eigenvalue weighted by atomic mass is 14.5. The van der Waals surface area contributed by atoms with Crippen molar-refractivity contribution in [1.82, 2.24) is 0 Å². The number of rotatable bonds is 6. The highest BCUT2D eigenvalue weighted by Gasteiger charge is 2.48. The smallest absolute Gasteiger partial charge is 0.0292 e. The zero-order chi connectivity index (χ0) is 10.8. The first-order chi connectivity index (χ1) is 6.51. The van der Waals surface area contributed by atoms with Crippen LogP contribution < -0.4 is 0 Å². The zero-order valence-electron chi connectivity index (χ0n) is 10.8. The second-order valence-electron chi connectivity index (χ2n) is 6.02. The van der Waals surface area contributed by atoms with Gasteiger partial charge in [0.25, 0.3) is 0 Å². The van der Waals surface area contributed by atoms with E-state index in [0.29, 0.717) is 0 Å². The van der Waals surface area contributed by atoms with Gasteiger partial charge < -0.3 is 0 Å². The van der Waals surface area contributed by atoms with Crippen molar-refractivity contribution in [2.75, 3.05) is 0 Å². The van der Waals surface area contributed by atoms with Crippen LogP contribution in [0.4, 0.5) is 0 Å². The van der Waals surface area contributed by atoms with Crippen LogP contribution in [-0.2, 0) is 0 Å². The van der Waals surface area contributed by atoms with Gasteiger partial charge in [-0.1, -0.05) is 47.5 Å². The molecule has 14 heavy (non-hydrogen) atoms. The van der Waals surface area contributed by atoms with Crippen LogP contribution in [0.1, 0.15) is 66.7 Å². The average molecular weight is 196 g/mol. The van der Waals surface area contributed by atoms with Crippen molar-refractivity contribution in [3.8, 4) is 0 Å². The molecule has 0 N–H and O–H groups in total. The molecule has 0 amide bonds. The number of hydrogen-bond donors (Lipinski definition) is 0. The maximum Gasteiger partial charge on any atom is -0.0292 e. The van der Waals surface area contributed by atoms with Crippen molar-refractivity contribution in [3.63, 3.8) is 0 Å². The lowest BCUT2D eigenvalue weighted by atomic mass is 9.86. The third kappa shape index (κ3) is 3.00. The molecule has 0 heterocycles. The Morgan fingerprint density at radius 3 is 2.29 bits per heavy atom. The fourth-order valence-corrected chi connectivity index (χ4v) is 3.12. The summed E-state index contributed by atoms with van der Waals surface area (Å²) in [4.78, 5) is 0. The Morgan fingerprint density at radius 1 is 1.21 bits per heavy atom. The first-order valence-electron chi connectivity index (χ1n) is 6.51. The lowest BCUT2D eigenvalue weighted by Crippen LogP contribution is -2.09. The summed E-state index contributed by atoms with van der Waals surface area (Å²) in [5.74, 6) is 2.90. The maximum absolute atomic E-state index is 2.49. The molecule has 84 valence electrons. The molecule has 0 spiro atoms. The highest BCUT2D eigenvalue weighted by molar-refractivity contribution is 4.98. The first kappa shape index (κ1) is 12.1. The van der Waals surface area contributed by atoms with Crippen molar-refractivity contribution in [1.29, 1.82) is 0 Å². The molecule has 1 rings (SSSR count). The van der Waals surface area contributed by atoms with Crippen LogP contribution in [0.5, 0.6) is 0 Å². The molecule has 1 aliphatic rings. The van der Waals surface area contributed by atoms with Gasteiger partial charge in [-0.15, -0.1) is 0 Å². The van der Waals surface area contributed by atoms with E-state index in [1.807, 2.05) is 0 Å². The maximum atomic E-state index is 2.49. The number of hydrogen-bond acceptors (Lipinski definition) is 0. The molecular weight excluding hydrogens is 168 g/mol. The summed E-state index contributed by atoms with van der Waals surface area (Å²) in [6, 6.07) is 0. The minimum absolute atomic E-state index is 0.724. The van der Waals surface area contributed by atoms with Gasteiger partial charge in [-0.25, -0.2) is 0 Å². The Kier molecular flexibility index (Phi) is 4.04. The summed E-state index contributed by atoms with van der Waals surface area (Å²) < 4.78 is 0. The summed E-state index contributed by atoms with van der Waals surface area (Å²) >= 11 is 0. The van der Waals surface area contributed by atoms with Crippen LogP contribution in [0, 0.1) is 23.2 Å². The van der Waals surface area contributed by atoms with Crippen molar-refractivity contribution < 1.29 is 0 Å². The van der Waals surface area contributed by atoms with Gasteiger partial charge in [0.1, 0.15) is 0 Å². The van der Waals surface area contributed by atoms with Gasteiger partial charge in [-0.3, -0.25) is 0 Å². The Labute approximate surface area is 90.5 Å². The molecule has 1 saturated carbocycles. The molecule has 0 nitrogen and oxygen atoms in total. The predicted molar refractivity (Wildman–Crippen MR) is 64.4 cm³/mol. The van der Waals surface area contributed by atoms with Gasteiger partial charge >= 0.3 is 0 Å². The Bertz CT molecular complexity index is 173. The summed E-state index contributed by atoms with van der Waals surface area (Å²) in [6.07, 6.45) is 7.14. The van der Waals surface area contributed by atoms with Gasteiger partial charge in [0, 0.05) is 0 Å². The van der Waals surface area contributed by atoms with Gasteiger partial charge in [0.2, 0.25) is 0 Å². The fraction of sp³-hybridized carbons (Fsp3) is 1.00. The first-order valence-corrected chi connectivity index (χ1v) is 6.51. The monoisotopic (exact) mass is 196 g/mol. The normalized spacial score (nSPS) is 35.4. The molecule has 0 aromatic heterocycles. The SMILES string of the molecule is CCC(C)CC(C)CC1(C)CC1CC. The van der Waals surface area contributed by atoms with E-state index in [1.54, 1.807) is 0 Å². The van der Waals surface area contributed by atoms with E-state index >= 15 is 0 Å². The van der Waals surface area contributed by atoms with Crippen LogP contribution in [0.2, 0.25) is 0 Å². The third-order valence-electron chi connectivity index (χ3n) is 4.35. The van der Waals surface area contributed by atoms with E-state index in [0.717, 1.165) is 23.2 Å². The van der Waals surface area contributed by atoms with Gasteiger partial charge in [0.05, 0.1) is 0 Å². The van der Waals surface area contributed by atoms with Gasteiger partial charge in [-0.2, -0.15) is 0 Å². The van der Waals surface area contributed by atoms with E-state index in [2.05, 4.69) is 34.6 Å². The molecule has 4 atom stereocenters. The van der Waals surface area contributed by atoms with Gasteiger partial charge in [-0.05, 0) is 42.4 Å². The van der Waals surface area contributed by atoms with Gasteiger partial charge in [0.15, 0.2) is 0 Å². The second kappa shape index (κ2) is 4.68. The Balaban J connectivity index is 2.24. The zero-order valence-corrected chi connectivity index (χ0v) is 10.8. The lowest BCUT2D eigenvalue weighted by Gasteiger charge is -2.20. The minimum Gasteiger partial charge on any atom is -0.0651 e. The summed E-state index contributed by atoms with van der Waals surface area (Å²) in [5.41, 5.74) is 0.724. The van der Waals surface area contributed by atoms with E-state index in [1.165, 1.54) is 32.1 Å². The molecule has 1 aliphatic carbocycles. The van der Waals surface area contributed by atoms with E-state index in [-0.39, 0.29) is 0 Å². The van der Waals surface area contributed by atoms with Crippen molar-refractivity contribution >= 4 is 0 Å². The largest absolute Gasteiger partial charge is 0.0651 e. The second-order valence-corrected chi connectivity index (χ2v) is 6.02. The van der Waals surface area contributed by atoms with Crippen molar-refractivity contribution in [3.05, 3.63) is 0 Å². The molecule has 0 saturated heterocycles. The lowest BCUT2D eigenvalue weighted by molar-refractivity contribution is 0.311. The molecule has 0 radical (unpaired) electrons. The highest BCUT2D eigenvalue weighted by Crippen LogP contribution is 2.58. The Hall–Kier alpha value is 0. The molecule has 0 bridgehead atoms. The molecule has 1 fully saturated rings. The molecule has 0 aromatic rings. The quantitative estimate of drug-likeness (QED) is 0.567. The van der Waals surface area contributed by atoms with Crippen molar-refractivity contribution in [2.24, 2.45) is 23.2 Å². The van der Waals surface area contributed by atoms with Crippen LogP contribution in [0.3, 0.4) is 0 Å². The predicted octanol–water partition coefficient (Wildman–Crippen LogP) is 4.89. The third-order valence-corrected chi connectivity index (χ3v) is 4.35. The molecule has 0 aromatic carbocycles. The summed E-state index contributed by atoms with van der Waals surface area (Å²) in [7, 11) is 0. The van der Waals surface area contributed by atoms with Crippen LogP contribution in [-0.4, -0.2) is 0 Å². The van der Waals surface area contributed by atoms with Crippen LogP contribution in [0.25, 0.3) is 0 Å². The molecular formula is C14H28. The standard InChI is InChI=1S/C14H28/c1-6-11(3)8-12(4)9-14(5)10-13(14)7-2/h11-13H,6-10H2,1-5H3. The van der Waals surface area contributed by atoms with Crippen LogP contribution in [0.15, 0.2) is 0 Å². The van der Waals surface area contributed by atoms with Crippen LogP contribution >= 0.6 is 0 Å². The average Bonchev–Trinajstić information content (AvgIpc) is 2.75. The van der Waals surface area contributed by atoms with E-state index in [4.69, 9.17) is 0 Å². The molecule has 4 unspecified atom stereocenters. The summed E-state index contributed by atoms with van der Waals surface area (Å²) in [6.45, 7) is 12.0. The van der Waals surface area contributed by atoms with E-state index in [9.17, 15) is 0 Å². The minimum atomic E-state index is 0.724. The molecule has 0 aliphatic heterocycles. The summed E-state index contributed by atoms with van der Waals surface area (Å²) in [5, 5.41) is 0. The topological polar surface area (TPSA) is 0 Å². The van der Waals surface area contributed by atoms with E-state index < -0.39 is 0 Å². The van der Waals surface area contributed by atoms with Crippen molar-refractivity contribution in [2.45, 2.75) is 66.7 Å². The fourth-order valence-electron chi connectivity index (χ4n) is 3.12. The molecule has 0 heteroatoms.